The van der Waals surface area contributed by atoms with Crippen LogP contribution < -0.4 is 9.84 Å². The van der Waals surface area contributed by atoms with Gasteiger partial charge in [-0.25, -0.2) is 0 Å². The van der Waals surface area contributed by atoms with Gasteiger partial charge < -0.3 is 30.0 Å². The number of aliphatic hydroxyl groups is 3. The minimum atomic E-state index is -1.01. The van der Waals surface area contributed by atoms with Gasteiger partial charge in [0.15, 0.2) is 0 Å². The Kier molecular flexibility index (Phi) is 9.75. The molecule has 1 aliphatic carbocycles. The second-order valence-corrected chi connectivity index (χ2v) is 7.88. The predicted octanol–water partition coefficient (Wildman–Crippen LogP) is 1.65. The van der Waals surface area contributed by atoms with Crippen LogP contribution in [0.5, 0.6) is 5.75 Å². The van der Waals surface area contributed by atoms with Crippen LogP contribution in [0.3, 0.4) is 0 Å². The molecule has 0 spiro atoms. The van der Waals surface area contributed by atoms with Gasteiger partial charge in [0.25, 0.3) is 0 Å². The Bertz CT molecular complexity index is 563. The highest BCUT2D eigenvalue weighted by Gasteiger charge is 2.40. The van der Waals surface area contributed by atoms with Crippen LogP contribution in [0.25, 0.3) is 0 Å². The second kappa shape index (κ2) is 12.0. The average Bonchev–Trinajstić information content (AvgIpc) is 2.94. The van der Waals surface area contributed by atoms with Crippen molar-refractivity contribution in [2.45, 2.75) is 76.1 Å². The standard InChI is InChI=1S/C22H34O6/c23-16(15-28-17-8-4-3-5-9-17)12-13-19-18(20(24)14-21(19)25)10-6-1-2-7-11-22(26)27/h3-5,8-9,16,18-21,23-25H,1-2,6-7,10-15H2,(H,26,27)/p-1/t16-,18-,19-,20+,21-/m1/s1. The van der Waals surface area contributed by atoms with Crippen LogP contribution in [0.2, 0.25) is 0 Å². The number of carbonyl (C=O) groups excluding carboxylic acids is 1. The molecule has 0 aromatic heterocycles. The first-order valence-corrected chi connectivity index (χ1v) is 10.4. The molecule has 3 N–H and O–H groups in total. The molecule has 6 heteroatoms. The Balaban J connectivity index is 1.69. The summed E-state index contributed by atoms with van der Waals surface area (Å²) in [6.45, 7) is 0.207. The van der Waals surface area contributed by atoms with E-state index in [4.69, 9.17) is 4.74 Å². The highest BCUT2D eigenvalue weighted by atomic mass is 16.5. The fourth-order valence-corrected chi connectivity index (χ4v) is 4.16. The van der Waals surface area contributed by atoms with Crippen molar-refractivity contribution in [1.29, 1.82) is 0 Å². The van der Waals surface area contributed by atoms with Gasteiger partial charge >= 0.3 is 0 Å². The minimum absolute atomic E-state index is 0.0235. The van der Waals surface area contributed by atoms with Crippen molar-refractivity contribution in [2.75, 3.05) is 6.61 Å². The number of carbonyl (C=O) groups is 1. The minimum Gasteiger partial charge on any atom is -0.550 e. The molecule has 2 rings (SSSR count). The van der Waals surface area contributed by atoms with Crippen LogP contribution in [0.4, 0.5) is 0 Å². The molecule has 1 aromatic carbocycles. The molecule has 1 aromatic rings. The number of aliphatic carboxylic acids is 1. The molecule has 0 unspecified atom stereocenters. The molecule has 0 aliphatic heterocycles. The van der Waals surface area contributed by atoms with E-state index in [1.165, 1.54) is 0 Å². The van der Waals surface area contributed by atoms with Gasteiger partial charge in [0.05, 0.1) is 18.3 Å². The Labute approximate surface area is 167 Å². The van der Waals surface area contributed by atoms with Crippen molar-refractivity contribution in [3.63, 3.8) is 0 Å². The van der Waals surface area contributed by atoms with Crippen molar-refractivity contribution in [1.82, 2.24) is 0 Å². The van der Waals surface area contributed by atoms with E-state index in [2.05, 4.69) is 0 Å². The maximum absolute atomic E-state index is 10.4. The zero-order chi connectivity index (χ0) is 20.4. The van der Waals surface area contributed by atoms with Gasteiger partial charge in [0.1, 0.15) is 12.4 Å². The lowest BCUT2D eigenvalue weighted by Gasteiger charge is -2.24. The van der Waals surface area contributed by atoms with Crippen molar-refractivity contribution in [3.05, 3.63) is 30.3 Å². The first-order chi connectivity index (χ1) is 13.5. The van der Waals surface area contributed by atoms with Crippen LogP contribution >= 0.6 is 0 Å². The molecule has 5 atom stereocenters. The van der Waals surface area contributed by atoms with E-state index in [9.17, 15) is 25.2 Å². The Morgan fingerprint density at radius 3 is 2.36 bits per heavy atom. The number of hydrogen-bond donors (Lipinski definition) is 3. The third kappa shape index (κ3) is 7.78. The highest BCUT2D eigenvalue weighted by Crippen LogP contribution is 2.39. The van der Waals surface area contributed by atoms with E-state index in [-0.39, 0.29) is 24.9 Å². The van der Waals surface area contributed by atoms with Crippen molar-refractivity contribution in [3.8, 4) is 5.75 Å². The number of ether oxygens (including phenoxy) is 1. The van der Waals surface area contributed by atoms with Crippen molar-refractivity contribution < 1.29 is 30.0 Å². The van der Waals surface area contributed by atoms with Gasteiger partial charge in [-0.1, -0.05) is 37.5 Å². The molecular formula is C22H33O6-. The van der Waals surface area contributed by atoms with Crippen LogP contribution in [0.15, 0.2) is 30.3 Å². The largest absolute Gasteiger partial charge is 0.550 e. The number of carboxylic acid groups (broad SMARTS) is 1. The molecule has 0 radical (unpaired) electrons. The van der Waals surface area contributed by atoms with Crippen LogP contribution in [-0.2, 0) is 4.79 Å². The van der Waals surface area contributed by atoms with Crippen molar-refractivity contribution >= 4 is 5.97 Å². The van der Waals surface area contributed by atoms with Crippen LogP contribution in [-0.4, -0.2) is 46.2 Å². The lowest BCUT2D eigenvalue weighted by atomic mass is 9.85. The number of carboxylic acids is 1. The molecule has 6 nitrogen and oxygen atoms in total. The van der Waals surface area contributed by atoms with Gasteiger partial charge in [-0.15, -0.1) is 0 Å². The lowest BCUT2D eigenvalue weighted by molar-refractivity contribution is -0.305. The lowest BCUT2D eigenvalue weighted by Crippen LogP contribution is -2.25. The van der Waals surface area contributed by atoms with Gasteiger partial charge in [0.2, 0.25) is 0 Å². The Hall–Kier alpha value is -1.63. The summed E-state index contributed by atoms with van der Waals surface area (Å²) in [5, 5.41) is 41.2. The zero-order valence-corrected chi connectivity index (χ0v) is 16.4. The van der Waals surface area contributed by atoms with Crippen LogP contribution in [0.1, 0.15) is 57.8 Å². The number of aliphatic hydroxyl groups excluding tert-OH is 3. The molecular weight excluding hydrogens is 360 g/mol. The predicted molar refractivity (Wildman–Crippen MR) is 103 cm³/mol. The molecule has 0 bridgehead atoms. The highest BCUT2D eigenvalue weighted by molar-refractivity contribution is 5.64. The zero-order valence-electron chi connectivity index (χ0n) is 16.4. The molecule has 0 heterocycles. The normalized spacial score (nSPS) is 25.5. The van der Waals surface area contributed by atoms with Crippen LogP contribution in [0, 0.1) is 11.8 Å². The first-order valence-electron chi connectivity index (χ1n) is 10.4. The molecule has 1 aliphatic rings. The van der Waals surface area contributed by atoms with Gasteiger partial charge in [-0.3, -0.25) is 0 Å². The summed E-state index contributed by atoms with van der Waals surface area (Å²) >= 11 is 0. The summed E-state index contributed by atoms with van der Waals surface area (Å²) in [7, 11) is 0. The summed E-state index contributed by atoms with van der Waals surface area (Å²) in [5.41, 5.74) is 0. The van der Waals surface area contributed by atoms with Gasteiger partial charge in [-0.05, 0) is 62.5 Å². The van der Waals surface area contributed by atoms with E-state index >= 15 is 0 Å². The third-order valence-corrected chi connectivity index (χ3v) is 5.71. The molecule has 0 amide bonds. The third-order valence-electron chi connectivity index (χ3n) is 5.71. The topological polar surface area (TPSA) is 110 Å². The molecule has 1 fully saturated rings. The number of benzene rings is 1. The fraction of sp³-hybridized carbons (Fsp3) is 0.682. The number of hydrogen-bond acceptors (Lipinski definition) is 6. The maximum Gasteiger partial charge on any atom is 0.119 e. The average molecular weight is 394 g/mol. The number of unbranched alkanes of at least 4 members (excludes halogenated alkanes) is 3. The van der Waals surface area contributed by atoms with E-state index in [0.717, 1.165) is 31.4 Å². The summed E-state index contributed by atoms with van der Waals surface area (Å²) in [5.74, 6) is -0.290. The number of para-hydroxylation sites is 1. The number of rotatable bonds is 13. The summed E-state index contributed by atoms with van der Waals surface area (Å²) in [6, 6.07) is 9.33. The molecule has 28 heavy (non-hydrogen) atoms. The molecule has 1 saturated carbocycles. The maximum atomic E-state index is 10.4. The SMILES string of the molecule is O=C([O-])CCCCCC[C@@H]1[C@@H](CC[C@@H](O)COc2ccccc2)[C@H](O)C[C@@H]1O. The van der Waals surface area contributed by atoms with E-state index in [0.29, 0.717) is 25.7 Å². The summed E-state index contributed by atoms with van der Waals surface area (Å²) in [4.78, 5) is 10.4. The quantitative estimate of drug-likeness (QED) is 0.440. The molecule has 0 saturated heterocycles. The van der Waals surface area contributed by atoms with Crippen molar-refractivity contribution in [2.24, 2.45) is 11.8 Å². The van der Waals surface area contributed by atoms with E-state index < -0.39 is 24.3 Å². The molecule has 158 valence electrons. The monoisotopic (exact) mass is 393 g/mol. The Morgan fingerprint density at radius 2 is 1.68 bits per heavy atom. The summed E-state index contributed by atoms with van der Waals surface area (Å²) in [6.07, 6.45) is 4.05. The van der Waals surface area contributed by atoms with E-state index in [1.54, 1.807) is 0 Å². The fourth-order valence-electron chi connectivity index (χ4n) is 4.16. The first kappa shape index (κ1) is 22.7. The van der Waals surface area contributed by atoms with Gasteiger partial charge in [0, 0.05) is 5.97 Å². The Morgan fingerprint density at radius 1 is 1.04 bits per heavy atom. The second-order valence-electron chi connectivity index (χ2n) is 7.88. The van der Waals surface area contributed by atoms with Gasteiger partial charge in [-0.2, -0.15) is 0 Å². The summed E-state index contributed by atoms with van der Waals surface area (Å²) < 4.78 is 5.57. The smallest absolute Gasteiger partial charge is 0.119 e. The van der Waals surface area contributed by atoms with E-state index in [1.807, 2.05) is 30.3 Å².